The molecule has 1 saturated heterocycles. The van der Waals surface area contributed by atoms with Crippen LogP contribution < -0.4 is 4.74 Å². The first-order chi connectivity index (χ1) is 15.3. The summed E-state index contributed by atoms with van der Waals surface area (Å²) in [5.74, 6) is -0.0363. The molecule has 2 bridgehead atoms. The second-order valence-corrected chi connectivity index (χ2v) is 7.91. The molecule has 12 heteroatoms. The van der Waals surface area contributed by atoms with E-state index < -0.39 is 11.9 Å². The molecule has 2 fully saturated rings. The summed E-state index contributed by atoms with van der Waals surface area (Å²) in [6.07, 6.45) is -0.498. The molecule has 1 saturated carbocycles. The molecule has 3 aromatic rings. The molecule has 4 heterocycles. The highest BCUT2D eigenvalue weighted by atomic mass is 19.4. The van der Waals surface area contributed by atoms with Crippen LogP contribution in [0.1, 0.15) is 34.7 Å². The van der Waals surface area contributed by atoms with E-state index in [-0.39, 0.29) is 35.5 Å². The summed E-state index contributed by atoms with van der Waals surface area (Å²) >= 11 is 0. The van der Waals surface area contributed by atoms with E-state index in [2.05, 4.69) is 25.4 Å². The number of nitrogens with zero attached hydrogens (tertiary/aromatic N) is 7. The van der Waals surface area contributed by atoms with Crippen LogP contribution in [0.3, 0.4) is 0 Å². The minimum absolute atomic E-state index is 0.00180. The van der Waals surface area contributed by atoms with E-state index in [9.17, 15) is 18.0 Å². The van der Waals surface area contributed by atoms with Crippen molar-refractivity contribution < 1.29 is 22.7 Å². The van der Waals surface area contributed by atoms with Gasteiger partial charge in [0.05, 0.1) is 18.4 Å². The summed E-state index contributed by atoms with van der Waals surface area (Å²) in [6.45, 7) is 2.35. The van der Waals surface area contributed by atoms with Gasteiger partial charge in [-0.25, -0.2) is 4.98 Å². The van der Waals surface area contributed by atoms with Crippen molar-refractivity contribution in [3.8, 4) is 11.6 Å². The standard InChI is InChI=1S/C20H18F3N7O2/c1-11-2-3-13(30-24-6-7-25-30)18(26-11)19(31)29-10-12-8-14(29)15(9-12)32-17-5-4-16(27-28-17)20(21,22)23/h2-7,12,14-15H,8-10H2,1H3/t12?,14?,15-/m0/s1. The Bertz CT molecular complexity index is 1140. The highest BCUT2D eigenvalue weighted by Gasteiger charge is 2.49. The third-order valence-corrected chi connectivity index (χ3v) is 5.74. The number of carbonyl (C=O) groups is 1. The SMILES string of the molecule is Cc1ccc(-n2nccn2)c(C(=O)N2CC3CC2[C@@H](Oc2ccc(C(F)(F)F)nn2)C3)n1. The van der Waals surface area contributed by atoms with Crippen LogP contribution in [0.4, 0.5) is 13.2 Å². The Morgan fingerprint density at radius 1 is 1.09 bits per heavy atom. The molecule has 5 rings (SSSR count). The number of likely N-dealkylation sites (tertiary alicyclic amines) is 1. The van der Waals surface area contributed by atoms with Gasteiger partial charge in [-0.05, 0) is 43.9 Å². The maximum atomic E-state index is 13.4. The van der Waals surface area contributed by atoms with Crippen molar-refractivity contribution in [3.63, 3.8) is 0 Å². The van der Waals surface area contributed by atoms with E-state index in [1.54, 1.807) is 24.0 Å². The number of halogens is 3. The maximum absolute atomic E-state index is 13.4. The Kier molecular flexibility index (Phi) is 4.79. The van der Waals surface area contributed by atoms with E-state index >= 15 is 0 Å². The molecule has 0 aromatic carbocycles. The van der Waals surface area contributed by atoms with Crippen molar-refractivity contribution in [2.75, 3.05) is 6.54 Å². The third kappa shape index (κ3) is 3.65. The first kappa shape index (κ1) is 20.3. The van der Waals surface area contributed by atoms with E-state index in [4.69, 9.17) is 4.74 Å². The number of hydrogen-bond acceptors (Lipinski definition) is 7. The van der Waals surface area contributed by atoms with Crippen LogP contribution in [0, 0.1) is 12.8 Å². The fourth-order valence-corrected chi connectivity index (χ4v) is 4.36. The minimum Gasteiger partial charge on any atom is -0.471 e. The number of rotatable bonds is 4. The van der Waals surface area contributed by atoms with E-state index in [1.807, 2.05) is 0 Å². The number of alkyl halides is 3. The number of aryl methyl sites for hydroxylation is 1. The minimum atomic E-state index is -4.57. The van der Waals surface area contributed by atoms with Gasteiger partial charge >= 0.3 is 6.18 Å². The zero-order valence-corrected chi connectivity index (χ0v) is 16.9. The van der Waals surface area contributed by atoms with Gasteiger partial charge in [0.25, 0.3) is 5.91 Å². The topological polar surface area (TPSA) is 98.9 Å². The summed E-state index contributed by atoms with van der Waals surface area (Å²) in [4.78, 5) is 20.9. The van der Waals surface area contributed by atoms with E-state index in [0.717, 1.165) is 18.6 Å². The Hall–Kier alpha value is -3.57. The zero-order chi connectivity index (χ0) is 22.5. The van der Waals surface area contributed by atoms with Crippen molar-refractivity contribution in [2.24, 2.45) is 5.92 Å². The summed E-state index contributed by atoms with van der Waals surface area (Å²) in [5, 5.41) is 15.0. The van der Waals surface area contributed by atoms with Gasteiger partial charge in [-0.3, -0.25) is 4.79 Å². The predicted molar refractivity (Wildman–Crippen MR) is 103 cm³/mol. The highest BCUT2D eigenvalue weighted by Crippen LogP contribution is 2.40. The number of amides is 1. The summed E-state index contributed by atoms with van der Waals surface area (Å²) in [7, 11) is 0. The third-order valence-electron chi connectivity index (χ3n) is 5.74. The number of fused-ring (bicyclic) bond motifs is 2. The fraction of sp³-hybridized carbons (Fsp3) is 0.400. The molecule has 2 aliphatic rings. The van der Waals surface area contributed by atoms with Gasteiger partial charge in [-0.1, -0.05) is 0 Å². The molecule has 0 N–H and O–H groups in total. The molecule has 0 radical (unpaired) electrons. The number of ether oxygens (including phenoxy) is 1. The molecule has 32 heavy (non-hydrogen) atoms. The van der Waals surface area contributed by atoms with Gasteiger partial charge in [0.2, 0.25) is 5.88 Å². The quantitative estimate of drug-likeness (QED) is 0.608. The van der Waals surface area contributed by atoms with Gasteiger partial charge in [0.15, 0.2) is 11.4 Å². The molecule has 9 nitrogen and oxygen atoms in total. The highest BCUT2D eigenvalue weighted by molar-refractivity contribution is 5.96. The monoisotopic (exact) mass is 445 g/mol. The fourth-order valence-electron chi connectivity index (χ4n) is 4.36. The van der Waals surface area contributed by atoms with Crippen molar-refractivity contribution in [1.82, 2.24) is 35.1 Å². The van der Waals surface area contributed by atoms with Crippen LogP contribution in [0.2, 0.25) is 0 Å². The van der Waals surface area contributed by atoms with Crippen molar-refractivity contribution in [3.05, 3.63) is 53.7 Å². The molecular formula is C20H18F3N7O2. The Morgan fingerprint density at radius 3 is 2.53 bits per heavy atom. The van der Waals surface area contributed by atoms with Crippen LogP contribution in [0.25, 0.3) is 5.69 Å². The Labute approximate surface area is 180 Å². The van der Waals surface area contributed by atoms with Gasteiger partial charge in [0, 0.05) is 18.3 Å². The van der Waals surface area contributed by atoms with Gasteiger partial charge in [0.1, 0.15) is 11.8 Å². The number of hydrogen-bond donors (Lipinski definition) is 0. The first-order valence-electron chi connectivity index (χ1n) is 10.0. The Morgan fingerprint density at radius 2 is 1.88 bits per heavy atom. The smallest absolute Gasteiger partial charge is 0.435 e. The molecule has 3 atom stereocenters. The molecule has 2 unspecified atom stereocenters. The molecule has 1 aliphatic heterocycles. The van der Waals surface area contributed by atoms with Crippen LogP contribution in [-0.2, 0) is 6.18 Å². The predicted octanol–water partition coefficient (Wildman–Crippen LogP) is 2.46. The summed E-state index contributed by atoms with van der Waals surface area (Å²) in [6, 6.07) is 5.27. The number of piperidine rings is 1. The lowest BCUT2D eigenvalue weighted by molar-refractivity contribution is -0.141. The lowest BCUT2D eigenvalue weighted by Gasteiger charge is -2.33. The van der Waals surface area contributed by atoms with Crippen LogP contribution in [-0.4, -0.2) is 59.7 Å². The second kappa shape index (κ2) is 7.53. The van der Waals surface area contributed by atoms with Crippen molar-refractivity contribution in [2.45, 2.75) is 38.1 Å². The normalized spacial score (nSPS) is 22.4. The van der Waals surface area contributed by atoms with Crippen LogP contribution in [0.15, 0.2) is 36.7 Å². The first-order valence-corrected chi connectivity index (χ1v) is 10.0. The molecular weight excluding hydrogens is 427 g/mol. The summed E-state index contributed by atoms with van der Waals surface area (Å²) < 4.78 is 44.0. The molecule has 1 amide bonds. The Balaban J connectivity index is 1.37. The van der Waals surface area contributed by atoms with Gasteiger partial charge < -0.3 is 9.64 Å². The van der Waals surface area contributed by atoms with E-state index in [1.165, 1.54) is 17.2 Å². The van der Waals surface area contributed by atoms with Crippen LogP contribution in [0.5, 0.6) is 5.88 Å². The van der Waals surface area contributed by atoms with Gasteiger partial charge in [-0.15, -0.1) is 15.0 Å². The molecule has 1 aliphatic carbocycles. The lowest BCUT2D eigenvalue weighted by Crippen LogP contribution is -2.47. The summed E-state index contributed by atoms with van der Waals surface area (Å²) in [5.41, 5.74) is 0.308. The van der Waals surface area contributed by atoms with Gasteiger partial charge in [-0.2, -0.15) is 23.4 Å². The average molecular weight is 445 g/mol. The number of carbonyl (C=O) groups excluding carboxylic acids is 1. The second-order valence-electron chi connectivity index (χ2n) is 7.91. The number of pyridine rings is 1. The average Bonchev–Trinajstić information content (AvgIpc) is 3.50. The zero-order valence-electron chi connectivity index (χ0n) is 16.9. The lowest BCUT2D eigenvalue weighted by atomic mass is 10.1. The molecule has 0 spiro atoms. The molecule has 3 aromatic heterocycles. The van der Waals surface area contributed by atoms with E-state index in [0.29, 0.717) is 24.3 Å². The molecule has 166 valence electrons. The van der Waals surface area contributed by atoms with Crippen molar-refractivity contribution in [1.29, 1.82) is 0 Å². The van der Waals surface area contributed by atoms with Crippen molar-refractivity contribution >= 4 is 5.91 Å². The largest absolute Gasteiger partial charge is 0.471 e. The van der Waals surface area contributed by atoms with Crippen LogP contribution >= 0.6 is 0 Å². The maximum Gasteiger partial charge on any atom is 0.435 e. The number of aromatic nitrogens is 6.